The number of halogens is 1. The van der Waals surface area contributed by atoms with Gasteiger partial charge in [-0.05, 0) is 50.5 Å². The molecule has 1 aliphatic heterocycles. The maximum absolute atomic E-state index is 12.0. The zero-order chi connectivity index (χ0) is 14.8. The maximum atomic E-state index is 12.0. The lowest BCUT2D eigenvalue weighted by Crippen LogP contribution is -2.34. The monoisotopic (exact) mass is 337 g/mol. The van der Waals surface area contributed by atoms with E-state index in [-0.39, 0.29) is 6.09 Å². The molecule has 1 aromatic rings. The molecular weight excluding hydrogens is 318 g/mol. The molecule has 1 heterocycles. The van der Waals surface area contributed by atoms with Crippen LogP contribution in [0.4, 0.5) is 4.79 Å². The minimum atomic E-state index is -0.435. The molecular formula is C16H20BrNO2. The smallest absolute Gasteiger partial charge is 0.410 e. The Labute approximate surface area is 128 Å². The number of amides is 1. The molecule has 1 aliphatic rings. The van der Waals surface area contributed by atoms with Crippen molar-refractivity contribution in [1.82, 2.24) is 4.90 Å². The van der Waals surface area contributed by atoms with Crippen LogP contribution >= 0.6 is 15.9 Å². The Hall–Kier alpha value is -1.29. The van der Waals surface area contributed by atoms with Gasteiger partial charge >= 0.3 is 6.09 Å². The van der Waals surface area contributed by atoms with Crippen LogP contribution in [0.25, 0.3) is 6.08 Å². The number of carbonyl (C=O) groups excluding carboxylic acids is 1. The predicted octanol–water partition coefficient (Wildman–Crippen LogP) is 4.47. The van der Waals surface area contributed by atoms with Crippen LogP contribution < -0.4 is 0 Å². The minimum absolute atomic E-state index is 0.225. The highest BCUT2D eigenvalue weighted by atomic mass is 79.9. The van der Waals surface area contributed by atoms with Crippen LogP contribution in [-0.2, 0) is 4.74 Å². The standard InChI is InChI=1S/C16H20BrNO2/c1-16(2,3)20-15(19)18-9-8-13(11-18)10-12-4-6-14(17)7-5-12/h4-7,10H,8-9,11H2,1-3H3/b13-10+. The van der Waals surface area contributed by atoms with Crippen molar-refractivity contribution < 1.29 is 9.53 Å². The number of likely N-dealkylation sites (tertiary alicyclic amines) is 1. The van der Waals surface area contributed by atoms with Gasteiger partial charge in [0.1, 0.15) is 5.60 Å². The fourth-order valence-electron chi connectivity index (χ4n) is 2.08. The van der Waals surface area contributed by atoms with Gasteiger partial charge in [-0.25, -0.2) is 4.79 Å². The Balaban J connectivity index is 1.98. The van der Waals surface area contributed by atoms with E-state index in [1.54, 1.807) is 4.90 Å². The summed E-state index contributed by atoms with van der Waals surface area (Å²) in [6, 6.07) is 8.17. The highest BCUT2D eigenvalue weighted by Gasteiger charge is 2.26. The summed E-state index contributed by atoms with van der Waals surface area (Å²) in [6.07, 6.45) is 2.84. The number of hydrogen-bond acceptors (Lipinski definition) is 2. The first kappa shape index (κ1) is 15.1. The average molecular weight is 338 g/mol. The Kier molecular flexibility index (Phi) is 4.53. The lowest BCUT2D eigenvalue weighted by Gasteiger charge is -2.23. The van der Waals surface area contributed by atoms with E-state index in [1.165, 1.54) is 5.57 Å². The van der Waals surface area contributed by atoms with Crippen molar-refractivity contribution in [2.24, 2.45) is 0 Å². The third kappa shape index (κ3) is 4.37. The number of rotatable bonds is 1. The van der Waals surface area contributed by atoms with Crippen LogP contribution in [0.2, 0.25) is 0 Å². The second-order valence-electron chi connectivity index (χ2n) is 6.01. The topological polar surface area (TPSA) is 29.5 Å². The van der Waals surface area contributed by atoms with Gasteiger partial charge in [0.15, 0.2) is 0 Å². The van der Waals surface area contributed by atoms with Crippen molar-refractivity contribution in [2.75, 3.05) is 13.1 Å². The van der Waals surface area contributed by atoms with Crippen molar-refractivity contribution in [3.05, 3.63) is 39.9 Å². The fraction of sp³-hybridized carbons (Fsp3) is 0.438. The third-order valence-corrected chi connectivity index (χ3v) is 3.52. The van der Waals surface area contributed by atoms with Gasteiger partial charge in [0.2, 0.25) is 0 Å². The quantitative estimate of drug-likeness (QED) is 0.756. The summed E-state index contributed by atoms with van der Waals surface area (Å²) in [5, 5.41) is 0. The Morgan fingerprint density at radius 3 is 2.55 bits per heavy atom. The summed E-state index contributed by atoms with van der Waals surface area (Å²) in [7, 11) is 0. The van der Waals surface area contributed by atoms with Gasteiger partial charge in [-0.15, -0.1) is 0 Å². The fourth-order valence-corrected chi connectivity index (χ4v) is 2.34. The third-order valence-electron chi connectivity index (χ3n) is 2.99. The van der Waals surface area contributed by atoms with Crippen LogP contribution in [-0.4, -0.2) is 29.7 Å². The van der Waals surface area contributed by atoms with Crippen molar-refractivity contribution in [2.45, 2.75) is 32.8 Å². The summed E-state index contributed by atoms with van der Waals surface area (Å²) in [5.74, 6) is 0. The van der Waals surface area contributed by atoms with Crippen LogP contribution in [0, 0.1) is 0 Å². The number of carbonyl (C=O) groups is 1. The van der Waals surface area contributed by atoms with E-state index < -0.39 is 5.60 Å². The number of hydrogen-bond donors (Lipinski definition) is 0. The largest absolute Gasteiger partial charge is 0.444 e. The summed E-state index contributed by atoms with van der Waals surface area (Å²) >= 11 is 3.42. The molecule has 3 nitrogen and oxygen atoms in total. The molecule has 0 N–H and O–H groups in total. The summed E-state index contributed by atoms with van der Waals surface area (Å²) in [6.45, 7) is 7.06. The molecule has 0 saturated carbocycles. The first-order valence-corrected chi connectivity index (χ1v) is 7.56. The lowest BCUT2D eigenvalue weighted by atomic mass is 10.1. The van der Waals surface area contributed by atoms with Gasteiger partial charge in [-0.1, -0.05) is 34.1 Å². The van der Waals surface area contributed by atoms with Gasteiger partial charge in [-0.2, -0.15) is 0 Å². The molecule has 0 aromatic heterocycles. The van der Waals surface area contributed by atoms with Gasteiger partial charge in [-0.3, -0.25) is 0 Å². The molecule has 1 aromatic carbocycles. The molecule has 20 heavy (non-hydrogen) atoms. The van der Waals surface area contributed by atoms with Crippen molar-refractivity contribution in [1.29, 1.82) is 0 Å². The van der Waals surface area contributed by atoms with E-state index in [2.05, 4.69) is 34.1 Å². The average Bonchev–Trinajstić information content (AvgIpc) is 2.79. The van der Waals surface area contributed by atoms with E-state index >= 15 is 0 Å². The highest BCUT2D eigenvalue weighted by molar-refractivity contribution is 9.10. The van der Waals surface area contributed by atoms with Gasteiger partial charge in [0.25, 0.3) is 0 Å². The predicted molar refractivity (Wildman–Crippen MR) is 84.5 cm³/mol. The molecule has 1 amide bonds. The lowest BCUT2D eigenvalue weighted by molar-refractivity contribution is 0.0299. The first-order valence-electron chi connectivity index (χ1n) is 6.76. The molecule has 108 valence electrons. The van der Waals surface area contributed by atoms with Crippen molar-refractivity contribution in [3.63, 3.8) is 0 Å². The van der Waals surface area contributed by atoms with Crippen molar-refractivity contribution in [3.8, 4) is 0 Å². The zero-order valence-corrected chi connectivity index (χ0v) is 13.7. The van der Waals surface area contributed by atoms with E-state index in [0.717, 1.165) is 23.0 Å². The molecule has 0 atom stereocenters. The Morgan fingerprint density at radius 1 is 1.30 bits per heavy atom. The van der Waals surface area contributed by atoms with Crippen LogP contribution in [0.1, 0.15) is 32.8 Å². The molecule has 0 radical (unpaired) electrons. The Morgan fingerprint density at radius 2 is 1.95 bits per heavy atom. The van der Waals surface area contributed by atoms with E-state index in [4.69, 9.17) is 4.74 Å². The summed E-state index contributed by atoms with van der Waals surface area (Å²) in [4.78, 5) is 13.7. The molecule has 1 fully saturated rings. The molecule has 2 rings (SSSR count). The SMILES string of the molecule is CC(C)(C)OC(=O)N1CC/C(=C\c2ccc(Br)cc2)C1. The van der Waals surface area contributed by atoms with E-state index in [1.807, 2.05) is 32.9 Å². The molecule has 0 spiro atoms. The number of benzene rings is 1. The maximum Gasteiger partial charge on any atom is 0.410 e. The zero-order valence-electron chi connectivity index (χ0n) is 12.1. The van der Waals surface area contributed by atoms with Gasteiger partial charge in [0.05, 0.1) is 0 Å². The highest BCUT2D eigenvalue weighted by Crippen LogP contribution is 2.21. The summed E-state index contributed by atoms with van der Waals surface area (Å²) in [5.41, 5.74) is 1.99. The van der Waals surface area contributed by atoms with E-state index in [9.17, 15) is 4.79 Å². The molecule has 0 unspecified atom stereocenters. The number of nitrogens with zero attached hydrogens (tertiary/aromatic N) is 1. The molecule has 0 aliphatic carbocycles. The molecule has 1 saturated heterocycles. The van der Waals surface area contributed by atoms with Crippen molar-refractivity contribution >= 4 is 28.1 Å². The molecule has 4 heteroatoms. The minimum Gasteiger partial charge on any atom is -0.444 e. The second kappa shape index (κ2) is 6.00. The van der Waals surface area contributed by atoms with Crippen LogP contribution in [0.15, 0.2) is 34.3 Å². The normalized spacial score (nSPS) is 17.6. The van der Waals surface area contributed by atoms with E-state index in [0.29, 0.717) is 6.54 Å². The Bertz CT molecular complexity index is 514. The van der Waals surface area contributed by atoms with Gasteiger partial charge < -0.3 is 9.64 Å². The first-order chi connectivity index (χ1) is 9.33. The van der Waals surface area contributed by atoms with Crippen LogP contribution in [0.3, 0.4) is 0 Å². The number of ether oxygens (including phenoxy) is 1. The van der Waals surface area contributed by atoms with Crippen LogP contribution in [0.5, 0.6) is 0 Å². The molecule has 0 bridgehead atoms. The van der Waals surface area contributed by atoms with Gasteiger partial charge in [0, 0.05) is 17.6 Å². The second-order valence-corrected chi connectivity index (χ2v) is 6.92. The summed E-state index contributed by atoms with van der Waals surface area (Å²) < 4.78 is 6.46.